The van der Waals surface area contributed by atoms with Gasteiger partial charge in [-0.05, 0) is 61.8 Å². The first-order valence-corrected chi connectivity index (χ1v) is 13.8. The number of rotatable bonds is 15. The molecule has 2 aromatic rings. The minimum Gasteiger partial charge on any atom is -0.493 e. The second-order valence-electron chi connectivity index (χ2n) is 10.1. The molecule has 0 amide bonds. The van der Waals surface area contributed by atoms with Gasteiger partial charge in [0.15, 0.2) is 0 Å². The highest BCUT2D eigenvalue weighted by Crippen LogP contribution is 2.32. The van der Waals surface area contributed by atoms with Gasteiger partial charge in [-0.3, -0.25) is 9.97 Å². The van der Waals surface area contributed by atoms with Crippen molar-refractivity contribution in [2.24, 2.45) is 11.8 Å². The highest BCUT2D eigenvalue weighted by atomic mass is 16.5. The summed E-state index contributed by atoms with van der Waals surface area (Å²) in [5, 5.41) is 0. The van der Waals surface area contributed by atoms with Crippen molar-refractivity contribution in [3.63, 3.8) is 0 Å². The van der Waals surface area contributed by atoms with Crippen molar-refractivity contribution in [2.75, 3.05) is 6.61 Å². The molecular formula is C30H46N2O. The number of ether oxygens (including phenoxy) is 1. The predicted octanol–water partition coefficient (Wildman–Crippen LogP) is 8.81. The third-order valence-corrected chi connectivity index (χ3v) is 7.31. The summed E-state index contributed by atoms with van der Waals surface area (Å²) in [6, 6.07) is 8.38. The fourth-order valence-corrected chi connectivity index (χ4v) is 5.03. The smallest absolute Gasteiger partial charge is 0.119 e. The van der Waals surface area contributed by atoms with E-state index in [1.807, 2.05) is 12.4 Å². The molecule has 1 aliphatic carbocycles. The van der Waals surface area contributed by atoms with Crippen LogP contribution in [0.15, 0.2) is 36.7 Å². The second-order valence-corrected chi connectivity index (χ2v) is 10.1. The lowest BCUT2D eigenvalue weighted by Crippen LogP contribution is -2.20. The maximum atomic E-state index is 6.14. The summed E-state index contributed by atoms with van der Waals surface area (Å²) in [6.45, 7) is 5.39. The molecule has 3 nitrogen and oxygen atoms in total. The van der Waals surface area contributed by atoms with Crippen LogP contribution in [-0.2, 0) is 6.42 Å². The zero-order valence-corrected chi connectivity index (χ0v) is 21.2. The van der Waals surface area contributed by atoms with E-state index < -0.39 is 0 Å². The standard InChI is InChI=1S/C30H46N2O/c1-3-5-7-9-10-12-25-14-16-26(17-15-25)24-33-29-20-18-27(19-21-29)30-23-31-28(22-32-30)13-11-8-6-4-2/h18-23,25-26H,3-17,24H2,1-2H3/t25-,26-. The van der Waals surface area contributed by atoms with Crippen molar-refractivity contribution in [2.45, 2.75) is 110 Å². The van der Waals surface area contributed by atoms with Gasteiger partial charge in [0.25, 0.3) is 0 Å². The Morgan fingerprint density at radius 2 is 1.39 bits per heavy atom. The van der Waals surface area contributed by atoms with Crippen LogP contribution in [0.5, 0.6) is 5.75 Å². The first kappa shape index (κ1) is 25.7. The van der Waals surface area contributed by atoms with Crippen LogP contribution in [0.3, 0.4) is 0 Å². The van der Waals surface area contributed by atoms with Crippen LogP contribution in [0.2, 0.25) is 0 Å². The van der Waals surface area contributed by atoms with E-state index in [2.05, 4.69) is 48.1 Å². The van der Waals surface area contributed by atoms with Gasteiger partial charge in [0.1, 0.15) is 5.75 Å². The Hall–Kier alpha value is -1.90. The Bertz CT molecular complexity index is 748. The van der Waals surface area contributed by atoms with Gasteiger partial charge in [-0.25, -0.2) is 0 Å². The Kier molecular flexibility index (Phi) is 11.8. The first-order valence-electron chi connectivity index (χ1n) is 13.8. The third kappa shape index (κ3) is 9.47. The molecule has 33 heavy (non-hydrogen) atoms. The minimum atomic E-state index is 0.719. The molecule has 1 aromatic heterocycles. The third-order valence-electron chi connectivity index (χ3n) is 7.31. The van der Waals surface area contributed by atoms with Crippen molar-refractivity contribution in [3.8, 4) is 17.0 Å². The molecule has 3 heteroatoms. The Balaban J connectivity index is 1.35. The topological polar surface area (TPSA) is 35.0 Å². The van der Waals surface area contributed by atoms with E-state index in [0.29, 0.717) is 0 Å². The fourth-order valence-electron chi connectivity index (χ4n) is 5.03. The van der Waals surface area contributed by atoms with Gasteiger partial charge in [0.05, 0.1) is 24.2 Å². The van der Waals surface area contributed by atoms with Gasteiger partial charge in [0.2, 0.25) is 0 Å². The van der Waals surface area contributed by atoms with Crippen LogP contribution in [0.1, 0.15) is 109 Å². The van der Waals surface area contributed by atoms with Gasteiger partial charge >= 0.3 is 0 Å². The zero-order valence-electron chi connectivity index (χ0n) is 21.2. The molecular weight excluding hydrogens is 404 g/mol. The highest BCUT2D eigenvalue weighted by Gasteiger charge is 2.21. The largest absolute Gasteiger partial charge is 0.493 e. The molecule has 182 valence electrons. The van der Waals surface area contributed by atoms with Crippen LogP contribution < -0.4 is 4.74 Å². The maximum absolute atomic E-state index is 6.14. The summed E-state index contributed by atoms with van der Waals surface area (Å²) in [5.41, 5.74) is 3.14. The van der Waals surface area contributed by atoms with Crippen LogP contribution in [-0.4, -0.2) is 16.6 Å². The van der Waals surface area contributed by atoms with Crippen LogP contribution >= 0.6 is 0 Å². The second kappa shape index (κ2) is 15.1. The van der Waals surface area contributed by atoms with Crippen molar-refractivity contribution in [1.29, 1.82) is 0 Å². The SMILES string of the molecule is CCCCCCC[C@H]1CC[C@H](COc2ccc(-c3cnc(CCCCCC)cn3)cc2)CC1. The van der Waals surface area contributed by atoms with Crippen LogP contribution in [0.4, 0.5) is 0 Å². The van der Waals surface area contributed by atoms with E-state index in [0.717, 1.165) is 47.6 Å². The Morgan fingerprint density at radius 1 is 0.727 bits per heavy atom. The number of aryl methyl sites for hydroxylation is 1. The first-order chi connectivity index (χ1) is 16.3. The summed E-state index contributed by atoms with van der Waals surface area (Å²) in [5.74, 6) is 2.65. The summed E-state index contributed by atoms with van der Waals surface area (Å²) in [7, 11) is 0. The molecule has 1 saturated carbocycles. The summed E-state index contributed by atoms with van der Waals surface area (Å²) >= 11 is 0. The Labute approximate surface area is 202 Å². The minimum absolute atomic E-state index is 0.719. The van der Waals surface area contributed by atoms with E-state index in [4.69, 9.17) is 4.74 Å². The number of benzene rings is 1. The normalized spacial score (nSPS) is 18.4. The molecule has 1 heterocycles. The van der Waals surface area contributed by atoms with Crippen molar-refractivity contribution >= 4 is 0 Å². The van der Waals surface area contributed by atoms with E-state index >= 15 is 0 Å². The van der Waals surface area contributed by atoms with Gasteiger partial charge in [-0.2, -0.15) is 0 Å². The maximum Gasteiger partial charge on any atom is 0.119 e. The molecule has 0 aliphatic heterocycles. The molecule has 1 fully saturated rings. The number of aromatic nitrogens is 2. The molecule has 0 saturated heterocycles. The van der Waals surface area contributed by atoms with E-state index in [1.54, 1.807) is 0 Å². The van der Waals surface area contributed by atoms with Crippen LogP contribution in [0.25, 0.3) is 11.3 Å². The molecule has 1 aromatic carbocycles. The number of hydrogen-bond acceptors (Lipinski definition) is 3. The number of hydrogen-bond donors (Lipinski definition) is 0. The number of nitrogens with zero attached hydrogens (tertiary/aromatic N) is 2. The average molecular weight is 451 g/mol. The molecule has 0 N–H and O–H groups in total. The van der Waals surface area contributed by atoms with E-state index in [1.165, 1.54) is 89.9 Å². The van der Waals surface area contributed by atoms with Gasteiger partial charge < -0.3 is 4.74 Å². The van der Waals surface area contributed by atoms with Gasteiger partial charge in [-0.1, -0.05) is 84.5 Å². The highest BCUT2D eigenvalue weighted by molar-refractivity contribution is 5.58. The summed E-state index contributed by atoms with van der Waals surface area (Å²) in [6.07, 6.45) is 23.9. The molecule has 0 spiro atoms. The van der Waals surface area contributed by atoms with Crippen LogP contribution in [0, 0.1) is 11.8 Å². The summed E-state index contributed by atoms with van der Waals surface area (Å²) in [4.78, 5) is 9.25. The fraction of sp³-hybridized carbons (Fsp3) is 0.667. The Morgan fingerprint density at radius 3 is 2.06 bits per heavy atom. The van der Waals surface area contributed by atoms with E-state index in [9.17, 15) is 0 Å². The van der Waals surface area contributed by atoms with Crippen molar-refractivity contribution < 1.29 is 4.74 Å². The lowest BCUT2D eigenvalue weighted by molar-refractivity contribution is 0.177. The number of unbranched alkanes of at least 4 members (excludes halogenated alkanes) is 7. The van der Waals surface area contributed by atoms with Crippen molar-refractivity contribution in [3.05, 3.63) is 42.4 Å². The average Bonchev–Trinajstić information content (AvgIpc) is 2.87. The molecule has 0 bridgehead atoms. The molecule has 0 unspecified atom stereocenters. The van der Waals surface area contributed by atoms with Gasteiger partial charge in [-0.15, -0.1) is 0 Å². The zero-order chi connectivity index (χ0) is 23.1. The lowest BCUT2D eigenvalue weighted by atomic mass is 9.80. The molecule has 1 aliphatic rings. The summed E-state index contributed by atoms with van der Waals surface area (Å²) < 4.78 is 6.14. The van der Waals surface area contributed by atoms with Gasteiger partial charge in [0, 0.05) is 11.8 Å². The van der Waals surface area contributed by atoms with Crippen molar-refractivity contribution in [1.82, 2.24) is 9.97 Å². The molecule has 0 radical (unpaired) electrons. The lowest BCUT2D eigenvalue weighted by Gasteiger charge is -2.28. The molecule has 0 atom stereocenters. The monoisotopic (exact) mass is 450 g/mol. The van der Waals surface area contributed by atoms with E-state index in [-0.39, 0.29) is 0 Å². The predicted molar refractivity (Wildman–Crippen MR) is 140 cm³/mol. The quantitative estimate of drug-likeness (QED) is 0.254. The molecule has 3 rings (SSSR count).